The van der Waals surface area contributed by atoms with Crippen LogP contribution in [0.2, 0.25) is 5.02 Å². The molecular weight excluding hydrogens is 306 g/mol. The van der Waals surface area contributed by atoms with Crippen molar-refractivity contribution in [2.24, 2.45) is 7.05 Å². The van der Waals surface area contributed by atoms with Crippen molar-refractivity contribution in [3.8, 4) is 0 Å². The van der Waals surface area contributed by atoms with Crippen molar-refractivity contribution >= 4 is 33.4 Å². The van der Waals surface area contributed by atoms with E-state index in [0.717, 1.165) is 12.1 Å². The van der Waals surface area contributed by atoms with Gasteiger partial charge >= 0.3 is 5.97 Å². The number of aromatic nitrogens is 2. The number of halogens is 1. The van der Waals surface area contributed by atoms with Crippen LogP contribution in [0.15, 0.2) is 35.4 Å². The van der Waals surface area contributed by atoms with E-state index in [4.69, 9.17) is 16.7 Å². The summed E-state index contributed by atoms with van der Waals surface area (Å²) in [6.07, 6.45) is 1.44. The summed E-state index contributed by atoms with van der Waals surface area (Å²) >= 11 is 5.75. The first kappa shape index (κ1) is 14.4. The molecule has 2 aromatic rings. The van der Waals surface area contributed by atoms with Crippen LogP contribution in [0.1, 0.15) is 10.4 Å². The van der Waals surface area contributed by atoms with Crippen LogP contribution in [0.5, 0.6) is 0 Å². The van der Waals surface area contributed by atoms with Gasteiger partial charge in [-0.1, -0.05) is 11.6 Å². The summed E-state index contributed by atoms with van der Waals surface area (Å²) in [7, 11) is -2.28. The van der Waals surface area contributed by atoms with Crippen LogP contribution in [0, 0.1) is 0 Å². The highest BCUT2D eigenvalue weighted by atomic mass is 35.5. The van der Waals surface area contributed by atoms with Crippen LogP contribution in [0.4, 0.5) is 5.82 Å². The molecule has 0 unspecified atom stereocenters. The molecule has 0 saturated heterocycles. The first-order valence-corrected chi connectivity index (χ1v) is 7.21. The lowest BCUT2D eigenvalue weighted by molar-refractivity contribution is 0.0697. The maximum atomic E-state index is 12.1. The van der Waals surface area contributed by atoms with E-state index in [1.807, 2.05) is 0 Å². The van der Waals surface area contributed by atoms with E-state index in [-0.39, 0.29) is 21.3 Å². The lowest BCUT2D eigenvalue weighted by Gasteiger charge is -2.09. The number of carboxylic acids is 1. The summed E-state index contributed by atoms with van der Waals surface area (Å²) < 4.78 is 27.9. The Kier molecular flexibility index (Phi) is 3.69. The van der Waals surface area contributed by atoms with Crippen LogP contribution >= 0.6 is 11.6 Å². The zero-order valence-electron chi connectivity index (χ0n) is 10.2. The molecule has 0 saturated carbocycles. The summed E-state index contributed by atoms with van der Waals surface area (Å²) in [6, 6.07) is 4.89. The maximum Gasteiger partial charge on any atom is 0.337 e. The molecule has 7 nitrogen and oxygen atoms in total. The van der Waals surface area contributed by atoms with Gasteiger partial charge in [0.2, 0.25) is 0 Å². The third kappa shape index (κ3) is 2.75. The molecule has 0 aliphatic heterocycles. The number of sulfonamides is 1. The molecule has 20 heavy (non-hydrogen) atoms. The Morgan fingerprint density at radius 3 is 2.60 bits per heavy atom. The third-order valence-corrected chi connectivity index (χ3v) is 4.21. The predicted octanol–water partition coefficient (Wildman–Crippen LogP) is 1.57. The van der Waals surface area contributed by atoms with Crippen molar-refractivity contribution in [2.75, 3.05) is 4.72 Å². The number of rotatable bonds is 4. The van der Waals surface area contributed by atoms with Crippen molar-refractivity contribution < 1.29 is 18.3 Å². The van der Waals surface area contributed by atoms with Crippen molar-refractivity contribution in [1.82, 2.24) is 9.78 Å². The first-order chi connectivity index (χ1) is 9.31. The molecule has 0 aliphatic carbocycles. The fourth-order valence-electron chi connectivity index (χ4n) is 1.51. The van der Waals surface area contributed by atoms with E-state index in [1.54, 1.807) is 7.05 Å². The second kappa shape index (κ2) is 5.14. The van der Waals surface area contributed by atoms with Crippen LogP contribution in [-0.2, 0) is 17.1 Å². The quantitative estimate of drug-likeness (QED) is 0.891. The van der Waals surface area contributed by atoms with Gasteiger partial charge in [-0.15, -0.1) is 0 Å². The number of hydrogen-bond acceptors (Lipinski definition) is 4. The van der Waals surface area contributed by atoms with Gasteiger partial charge in [-0.2, -0.15) is 5.10 Å². The Hall–Kier alpha value is -2.06. The van der Waals surface area contributed by atoms with Crippen LogP contribution in [0.3, 0.4) is 0 Å². The van der Waals surface area contributed by atoms with E-state index in [9.17, 15) is 13.2 Å². The number of anilines is 1. The average molecular weight is 316 g/mol. The number of hydrogen-bond donors (Lipinski definition) is 2. The molecule has 0 amide bonds. The van der Waals surface area contributed by atoms with Gasteiger partial charge in [0.15, 0.2) is 0 Å². The van der Waals surface area contributed by atoms with Gasteiger partial charge < -0.3 is 5.11 Å². The van der Waals surface area contributed by atoms with Crippen LogP contribution < -0.4 is 4.72 Å². The maximum absolute atomic E-state index is 12.1. The molecule has 0 bridgehead atoms. The summed E-state index contributed by atoms with van der Waals surface area (Å²) in [5.74, 6) is -0.943. The Balaban J connectivity index is 2.38. The zero-order valence-corrected chi connectivity index (χ0v) is 11.8. The molecule has 106 valence electrons. The van der Waals surface area contributed by atoms with Gasteiger partial charge in [-0.05, 0) is 18.2 Å². The number of benzene rings is 1. The molecule has 1 aromatic heterocycles. The second-order valence-corrected chi connectivity index (χ2v) is 5.98. The van der Waals surface area contributed by atoms with Gasteiger partial charge in [0.25, 0.3) is 10.0 Å². The smallest absolute Gasteiger partial charge is 0.337 e. The van der Waals surface area contributed by atoms with E-state index >= 15 is 0 Å². The van der Waals surface area contributed by atoms with E-state index < -0.39 is 16.0 Å². The fourth-order valence-corrected chi connectivity index (χ4v) is 2.95. The fraction of sp³-hybridized carbons (Fsp3) is 0.0909. The topological polar surface area (TPSA) is 101 Å². The lowest BCUT2D eigenvalue weighted by atomic mass is 10.2. The summed E-state index contributed by atoms with van der Waals surface area (Å²) in [4.78, 5) is 10.7. The number of aromatic carboxylic acids is 1. The number of nitrogens with one attached hydrogen (secondary N) is 1. The second-order valence-electron chi connectivity index (χ2n) is 3.89. The number of carboxylic acid groups (broad SMARTS) is 1. The Morgan fingerprint density at radius 2 is 2.10 bits per heavy atom. The van der Waals surface area contributed by atoms with Crippen molar-refractivity contribution in [1.29, 1.82) is 0 Å². The first-order valence-electron chi connectivity index (χ1n) is 5.35. The average Bonchev–Trinajstić information content (AvgIpc) is 2.73. The zero-order chi connectivity index (χ0) is 14.9. The lowest BCUT2D eigenvalue weighted by Crippen LogP contribution is -2.15. The largest absolute Gasteiger partial charge is 0.478 e. The molecule has 2 N–H and O–H groups in total. The van der Waals surface area contributed by atoms with Gasteiger partial charge in [-0.3, -0.25) is 9.40 Å². The number of nitrogens with zero attached hydrogens (tertiary/aromatic N) is 2. The highest BCUT2D eigenvalue weighted by Gasteiger charge is 2.18. The molecule has 1 aromatic carbocycles. The normalized spacial score (nSPS) is 11.3. The highest BCUT2D eigenvalue weighted by molar-refractivity contribution is 7.92. The number of carbonyl (C=O) groups is 1. The molecule has 0 aliphatic rings. The van der Waals surface area contributed by atoms with Crippen molar-refractivity contribution in [3.63, 3.8) is 0 Å². The molecule has 0 atom stereocenters. The minimum atomic E-state index is -3.86. The number of aryl methyl sites for hydroxylation is 1. The highest BCUT2D eigenvalue weighted by Crippen LogP contribution is 2.22. The van der Waals surface area contributed by atoms with Gasteiger partial charge in [0.1, 0.15) is 5.82 Å². The van der Waals surface area contributed by atoms with Crippen LogP contribution in [-0.4, -0.2) is 29.3 Å². The summed E-state index contributed by atoms with van der Waals surface area (Å²) in [5, 5.41) is 12.5. The minimum Gasteiger partial charge on any atom is -0.478 e. The molecule has 0 fully saturated rings. The molecule has 0 radical (unpaired) electrons. The van der Waals surface area contributed by atoms with Crippen molar-refractivity contribution in [2.45, 2.75) is 4.90 Å². The van der Waals surface area contributed by atoms with Gasteiger partial charge in [0, 0.05) is 13.1 Å². The minimum absolute atomic E-state index is 0.131. The monoisotopic (exact) mass is 315 g/mol. The van der Waals surface area contributed by atoms with Crippen molar-refractivity contribution in [3.05, 3.63) is 41.0 Å². The SMILES string of the molecule is Cn1nccc1NS(=O)(=O)c1ccc(C(=O)O)c(Cl)c1. The van der Waals surface area contributed by atoms with E-state index in [0.29, 0.717) is 0 Å². The van der Waals surface area contributed by atoms with Gasteiger partial charge in [0.05, 0.1) is 21.7 Å². The van der Waals surface area contributed by atoms with E-state index in [1.165, 1.54) is 23.0 Å². The van der Waals surface area contributed by atoms with E-state index in [2.05, 4.69) is 9.82 Å². The Bertz CT molecular complexity index is 770. The molecular formula is C11H10ClN3O4S. The molecule has 9 heteroatoms. The summed E-state index contributed by atoms with van der Waals surface area (Å²) in [6.45, 7) is 0. The third-order valence-electron chi connectivity index (χ3n) is 2.54. The predicted molar refractivity (Wildman–Crippen MR) is 72.4 cm³/mol. The Morgan fingerprint density at radius 1 is 1.40 bits per heavy atom. The standard InChI is InChI=1S/C11H10ClN3O4S/c1-15-10(4-5-13-15)14-20(18,19)7-2-3-8(11(16)17)9(12)6-7/h2-6,14H,1H3,(H,16,17). The summed E-state index contributed by atoms with van der Waals surface area (Å²) in [5.41, 5.74) is -0.161. The van der Waals surface area contributed by atoms with Gasteiger partial charge in [-0.25, -0.2) is 13.2 Å². The van der Waals surface area contributed by atoms with Crippen LogP contribution in [0.25, 0.3) is 0 Å². The Labute approximate surface area is 119 Å². The molecule has 2 rings (SSSR count). The molecule has 0 spiro atoms. The molecule has 1 heterocycles.